The Morgan fingerprint density at radius 2 is 1.19 bits per heavy atom. The summed E-state index contributed by atoms with van der Waals surface area (Å²) in [6.07, 6.45) is 22.3. The van der Waals surface area contributed by atoms with Crippen LogP contribution in [0.2, 0.25) is 0 Å². The van der Waals surface area contributed by atoms with Crippen LogP contribution < -0.4 is 0 Å². The van der Waals surface area contributed by atoms with Crippen molar-refractivity contribution < 1.29 is 0 Å². The zero-order chi connectivity index (χ0) is 25.0. The predicted octanol–water partition coefficient (Wildman–Crippen LogP) is 10.3. The molecular formula is C36H44. The van der Waals surface area contributed by atoms with Crippen LogP contribution in [0, 0.1) is 11.8 Å². The van der Waals surface area contributed by atoms with Gasteiger partial charge in [-0.25, -0.2) is 0 Å². The molecule has 188 valence electrons. The van der Waals surface area contributed by atoms with E-state index in [1.165, 1.54) is 78.3 Å². The molecule has 0 nitrogen and oxygen atoms in total. The smallest absolute Gasteiger partial charge is 0.00499 e. The van der Waals surface area contributed by atoms with Crippen LogP contribution in [-0.4, -0.2) is 0 Å². The molecule has 1 aliphatic carbocycles. The maximum Gasteiger partial charge on any atom is -0.00499 e. The third-order valence-electron chi connectivity index (χ3n) is 7.68. The predicted molar refractivity (Wildman–Crippen MR) is 158 cm³/mol. The van der Waals surface area contributed by atoms with Crippen molar-refractivity contribution in [2.45, 2.75) is 78.1 Å². The van der Waals surface area contributed by atoms with Crippen molar-refractivity contribution in [3.8, 4) is 11.1 Å². The minimum atomic E-state index is 0.601. The van der Waals surface area contributed by atoms with Crippen LogP contribution in [0.3, 0.4) is 0 Å². The summed E-state index contributed by atoms with van der Waals surface area (Å²) in [4.78, 5) is 0. The normalized spacial score (nSPS) is 17.6. The second kappa shape index (κ2) is 14.0. The molecule has 0 spiro atoms. The molecular weight excluding hydrogens is 432 g/mol. The van der Waals surface area contributed by atoms with Gasteiger partial charge in [0.15, 0.2) is 0 Å². The van der Waals surface area contributed by atoms with Gasteiger partial charge in [-0.05, 0) is 83.7 Å². The number of unbranched alkanes of at least 4 members (excludes halogenated alkanes) is 2. The summed E-state index contributed by atoms with van der Waals surface area (Å²) in [5.74, 6) is 1.41. The molecule has 3 aromatic rings. The Morgan fingerprint density at radius 1 is 0.611 bits per heavy atom. The fourth-order valence-corrected chi connectivity index (χ4v) is 5.29. The molecule has 0 aliphatic heterocycles. The van der Waals surface area contributed by atoms with Crippen LogP contribution in [0.4, 0.5) is 0 Å². The monoisotopic (exact) mass is 476 g/mol. The molecule has 0 saturated heterocycles. The molecule has 4 rings (SSSR count). The first-order valence-corrected chi connectivity index (χ1v) is 14.4. The Hall–Kier alpha value is -2.86. The number of aryl methyl sites for hydroxylation is 3. The summed E-state index contributed by atoms with van der Waals surface area (Å²) in [6.45, 7) is 4.52. The molecule has 36 heavy (non-hydrogen) atoms. The van der Waals surface area contributed by atoms with Gasteiger partial charge >= 0.3 is 0 Å². The summed E-state index contributed by atoms with van der Waals surface area (Å²) in [7, 11) is 0. The van der Waals surface area contributed by atoms with Gasteiger partial charge in [0.05, 0.1) is 0 Å². The van der Waals surface area contributed by atoms with E-state index in [0.717, 1.165) is 25.2 Å². The molecule has 2 atom stereocenters. The average molecular weight is 477 g/mol. The van der Waals surface area contributed by atoms with Gasteiger partial charge in [0.25, 0.3) is 0 Å². The first kappa shape index (κ1) is 26.2. The van der Waals surface area contributed by atoms with E-state index in [1.54, 1.807) is 0 Å². The molecule has 1 aliphatic rings. The fraction of sp³-hybridized carbons (Fsp3) is 0.389. The van der Waals surface area contributed by atoms with Crippen molar-refractivity contribution in [3.05, 3.63) is 113 Å². The van der Waals surface area contributed by atoms with Crippen LogP contribution >= 0.6 is 0 Å². The lowest BCUT2D eigenvalue weighted by atomic mass is 9.85. The van der Waals surface area contributed by atoms with E-state index >= 15 is 0 Å². The van der Waals surface area contributed by atoms with Crippen LogP contribution in [-0.2, 0) is 19.3 Å². The number of hydrogen-bond acceptors (Lipinski definition) is 0. The Bertz CT molecular complexity index is 1080. The minimum Gasteiger partial charge on any atom is -0.0848 e. The molecule has 0 heteroatoms. The molecule has 0 saturated carbocycles. The number of hydrogen-bond donors (Lipinski definition) is 0. The second-order valence-electron chi connectivity index (χ2n) is 10.6. The van der Waals surface area contributed by atoms with Gasteiger partial charge in [0.1, 0.15) is 0 Å². The van der Waals surface area contributed by atoms with Crippen LogP contribution in [0.5, 0.6) is 0 Å². The highest BCUT2D eigenvalue weighted by molar-refractivity contribution is 5.64. The maximum atomic E-state index is 2.48. The quantitative estimate of drug-likeness (QED) is 0.180. The van der Waals surface area contributed by atoms with Crippen molar-refractivity contribution in [1.29, 1.82) is 0 Å². The molecule has 3 aromatic carbocycles. The Balaban J connectivity index is 1.23. The summed E-state index contributed by atoms with van der Waals surface area (Å²) in [6, 6.07) is 27.3. The molecule has 0 aromatic heterocycles. The first-order valence-electron chi connectivity index (χ1n) is 14.4. The summed E-state index contributed by atoms with van der Waals surface area (Å²) >= 11 is 0. The summed E-state index contributed by atoms with van der Waals surface area (Å²) in [5, 5.41) is 0. The molecule has 0 N–H and O–H groups in total. The molecule has 0 bridgehead atoms. The van der Waals surface area contributed by atoms with Crippen molar-refractivity contribution in [2.24, 2.45) is 11.8 Å². The van der Waals surface area contributed by atoms with Crippen molar-refractivity contribution in [1.82, 2.24) is 0 Å². The molecule has 0 radical (unpaired) electrons. The SMILES string of the molecule is CCCCCC1C=CC(/C=C/c2ccc(CCc3ccc(-c4ccc(CCC)cc4)cc3)cc2)CC1. The molecule has 0 amide bonds. The third kappa shape index (κ3) is 8.09. The zero-order valence-electron chi connectivity index (χ0n) is 22.5. The number of benzene rings is 3. The zero-order valence-corrected chi connectivity index (χ0v) is 22.5. The highest BCUT2D eigenvalue weighted by atomic mass is 14.2. The largest absolute Gasteiger partial charge is 0.0848 e. The maximum absolute atomic E-state index is 2.48. The van der Waals surface area contributed by atoms with E-state index in [2.05, 4.69) is 111 Å². The fourth-order valence-electron chi connectivity index (χ4n) is 5.29. The first-order chi connectivity index (χ1) is 17.7. The number of rotatable bonds is 12. The molecule has 2 unspecified atom stereocenters. The Labute approximate surface area is 220 Å². The van der Waals surface area contributed by atoms with E-state index in [-0.39, 0.29) is 0 Å². The lowest BCUT2D eigenvalue weighted by Gasteiger charge is -2.20. The van der Waals surface area contributed by atoms with Gasteiger partial charge in [-0.1, -0.05) is 137 Å². The van der Waals surface area contributed by atoms with Gasteiger partial charge in [-0.3, -0.25) is 0 Å². The van der Waals surface area contributed by atoms with Crippen LogP contribution in [0.25, 0.3) is 17.2 Å². The summed E-state index contributed by atoms with van der Waals surface area (Å²) in [5.41, 5.74) is 8.17. The van der Waals surface area contributed by atoms with Gasteiger partial charge in [-0.2, -0.15) is 0 Å². The molecule has 0 fully saturated rings. The van der Waals surface area contributed by atoms with Crippen molar-refractivity contribution in [2.75, 3.05) is 0 Å². The van der Waals surface area contributed by atoms with Gasteiger partial charge < -0.3 is 0 Å². The van der Waals surface area contributed by atoms with E-state index in [0.29, 0.717) is 5.92 Å². The van der Waals surface area contributed by atoms with E-state index in [4.69, 9.17) is 0 Å². The Kier molecular flexibility index (Phi) is 10.2. The molecule has 0 heterocycles. The minimum absolute atomic E-state index is 0.601. The summed E-state index contributed by atoms with van der Waals surface area (Å²) < 4.78 is 0. The second-order valence-corrected chi connectivity index (χ2v) is 10.6. The standard InChI is InChI=1S/C36H44/c1-3-5-6-8-30-9-11-31(12-10-30)13-14-32-15-17-33(18-16-32)19-20-34-23-27-36(28-24-34)35-25-21-29(7-4-2)22-26-35/h9,11,13-18,21-28,30-31H,3-8,10,12,19-20H2,1-2H3/b14-13+. The average Bonchev–Trinajstić information content (AvgIpc) is 2.93. The topological polar surface area (TPSA) is 0 Å². The van der Waals surface area contributed by atoms with Crippen LogP contribution in [0.1, 0.15) is 81.0 Å². The van der Waals surface area contributed by atoms with Crippen LogP contribution in [0.15, 0.2) is 91.0 Å². The van der Waals surface area contributed by atoms with Crippen molar-refractivity contribution >= 4 is 6.08 Å². The van der Waals surface area contributed by atoms with Gasteiger partial charge in [-0.15, -0.1) is 0 Å². The highest BCUT2D eigenvalue weighted by Gasteiger charge is 2.13. The van der Waals surface area contributed by atoms with E-state index in [9.17, 15) is 0 Å². The lowest BCUT2D eigenvalue weighted by Crippen LogP contribution is -2.07. The van der Waals surface area contributed by atoms with E-state index in [1.807, 2.05) is 0 Å². The Morgan fingerprint density at radius 3 is 1.72 bits per heavy atom. The third-order valence-corrected chi connectivity index (χ3v) is 7.68. The lowest BCUT2D eigenvalue weighted by molar-refractivity contribution is 0.452. The van der Waals surface area contributed by atoms with Crippen molar-refractivity contribution in [3.63, 3.8) is 0 Å². The highest BCUT2D eigenvalue weighted by Crippen LogP contribution is 2.27. The van der Waals surface area contributed by atoms with Gasteiger partial charge in [0.2, 0.25) is 0 Å². The number of allylic oxidation sites excluding steroid dienone is 3. The van der Waals surface area contributed by atoms with E-state index < -0.39 is 0 Å². The van der Waals surface area contributed by atoms with Gasteiger partial charge in [0, 0.05) is 0 Å².